The zero-order valence-electron chi connectivity index (χ0n) is 15.4. The average molecular weight is 444 g/mol. The van der Waals surface area contributed by atoms with E-state index in [0.29, 0.717) is 6.54 Å². The lowest BCUT2D eigenvalue weighted by Crippen LogP contribution is -2.12. The van der Waals surface area contributed by atoms with E-state index in [0.717, 1.165) is 32.5 Å². The van der Waals surface area contributed by atoms with E-state index in [2.05, 4.69) is 62.4 Å². The second-order valence-corrected chi connectivity index (χ2v) is 8.09. The Hall–Kier alpha value is -2.05. The summed E-state index contributed by atoms with van der Waals surface area (Å²) in [6.07, 6.45) is 1.65. The van der Waals surface area contributed by atoms with Crippen LogP contribution in [-0.4, -0.2) is 14.8 Å². The predicted molar refractivity (Wildman–Crippen MR) is 114 cm³/mol. The number of allylic oxidation sites excluding steroid dienone is 1. The summed E-state index contributed by atoms with van der Waals surface area (Å²) in [7, 11) is 0. The van der Waals surface area contributed by atoms with E-state index in [4.69, 9.17) is 4.74 Å². The molecule has 6 heteroatoms. The molecule has 0 bridgehead atoms. The molecule has 1 heterocycles. The highest BCUT2D eigenvalue weighted by atomic mass is 79.9. The normalized spacial score (nSPS) is 12.0. The molecule has 1 atom stereocenters. The summed E-state index contributed by atoms with van der Waals surface area (Å²) in [5.74, 6) is 2.45. The maximum atomic E-state index is 6.09. The summed E-state index contributed by atoms with van der Waals surface area (Å²) in [5.41, 5.74) is 2.39. The van der Waals surface area contributed by atoms with Crippen LogP contribution in [0.2, 0.25) is 0 Å². The lowest BCUT2D eigenvalue weighted by molar-refractivity contribution is 0.210. The molecule has 4 nitrogen and oxygen atoms in total. The van der Waals surface area contributed by atoms with Crippen LogP contribution in [-0.2, 0) is 12.3 Å². The number of hydrogen-bond acceptors (Lipinski definition) is 4. The summed E-state index contributed by atoms with van der Waals surface area (Å²) in [6, 6.07) is 16.3. The Morgan fingerprint density at radius 1 is 1.22 bits per heavy atom. The standard InChI is InChI=1S/C21H22BrN3OS/c1-4-11-25-20(16(3)26-19-10-5-7-15(2)12-19)23-24-21(25)27-14-17-8-6-9-18(22)13-17/h4-10,12-13,16H,1,11,14H2,2-3H3. The molecule has 0 saturated carbocycles. The fraction of sp³-hybridized carbons (Fsp3) is 0.238. The summed E-state index contributed by atoms with van der Waals surface area (Å²) >= 11 is 5.18. The average Bonchev–Trinajstić information content (AvgIpc) is 3.03. The molecular weight excluding hydrogens is 422 g/mol. The van der Waals surface area contributed by atoms with Gasteiger partial charge in [0, 0.05) is 16.8 Å². The van der Waals surface area contributed by atoms with Crippen molar-refractivity contribution in [2.45, 2.75) is 37.4 Å². The largest absolute Gasteiger partial charge is 0.483 e. The number of ether oxygens (including phenoxy) is 1. The monoisotopic (exact) mass is 443 g/mol. The van der Waals surface area contributed by atoms with Crippen molar-refractivity contribution in [2.75, 3.05) is 0 Å². The molecule has 0 fully saturated rings. The number of nitrogens with zero attached hydrogens (tertiary/aromatic N) is 3. The number of aromatic nitrogens is 3. The van der Waals surface area contributed by atoms with Crippen molar-refractivity contribution in [3.8, 4) is 5.75 Å². The number of aryl methyl sites for hydroxylation is 1. The molecule has 1 aromatic heterocycles. The lowest BCUT2D eigenvalue weighted by atomic mass is 10.2. The van der Waals surface area contributed by atoms with Gasteiger partial charge in [-0.15, -0.1) is 16.8 Å². The van der Waals surface area contributed by atoms with Crippen LogP contribution < -0.4 is 4.74 Å². The summed E-state index contributed by atoms with van der Waals surface area (Å²) in [6.45, 7) is 8.56. The molecule has 0 aliphatic rings. The van der Waals surface area contributed by atoms with Gasteiger partial charge < -0.3 is 4.74 Å². The van der Waals surface area contributed by atoms with Crippen LogP contribution in [0, 0.1) is 6.92 Å². The van der Waals surface area contributed by atoms with Gasteiger partial charge in [-0.3, -0.25) is 4.57 Å². The van der Waals surface area contributed by atoms with Crippen LogP contribution in [0.15, 0.2) is 70.8 Å². The number of halogens is 1. The molecule has 0 aliphatic heterocycles. The van der Waals surface area contributed by atoms with Gasteiger partial charge in [-0.25, -0.2) is 0 Å². The first-order valence-corrected chi connectivity index (χ1v) is 10.5. The highest BCUT2D eigenvalue weighted by Gasteiger charge is 2.19. The fourth-order valence-corrected chi connectivity index (χ4v) is 4.07. The minimum absolute atomic E-state index is 0.209. The SMILES string of the molecule is C=CCn1c(SCc2cccc(Br)c2)nnc1C(C)Oc1cccc(C)c1. The Balaban J connectivity index is 1.76. The van der Waals surface area contributed by atoms with E-state index in [1.807, 2.05) is 43.3 Å². The van der Waals surface area contributed by atoms with Crippen molar-refractivity contribution < 1.29 is 4.74 Å². The van der Waals surface area contributed by atoms with E-state index < -0.39 is 0 Å². The fourth-order valence-electron chi connectivity index (χ4n) is 2.73. The minimum atomic E-state index is -0.209. The molecule has 0 radical (unpaired) electrons. The van der Waals surface area contributed by atoms with Crippen LogP contribution in [0.4, 0.5) is 0 Å². The molecule has 0 saturated heterocycles. The second-order valence-electron chi connectivity index (χ2n) is 6.24. The molecule has 0 aliphatic carbocycles. The number of rotatable bonds is 8. The van der Waals surface area contributed by atoms with Crippen LogP contribution >= 0.6 is 27.7 Å². The Kier molecular flexibility index (Phi) is 6.74. The number of hydrogen-bond donors (Lipinski definition) is 0. The number of benzene rings is 2. The molecule has 140 valence electrons. The van der Waals surface area contributed by atoms with E-state index in [9.17, 15) is 0 Å². The summed E-state index contributed by atoms with van der Waals surface area (Å²) in [4.78, 5) is 0. The van der Waals surface area contributed by atoms with E-state index in [1.165, 1.54) is 5.56 Å². The third-order valence-corrected chi connectivity index (χ3v) is 5.51. The Labute approximate surface area is 172 Å². The summed E-state index contributed by atoms with van der Waals surface area (Å²) < 4.78 is 9.23. The van der Waals surface area contributed by atoms with Gasteiger partial charge in [0.05, 0.1) is 0 Å². The van der Waals surface area contributed by atoms with Gasteiger partial charge in [-0.2, -0.15) is 0 Å². The van der Waals surface area contributed by atoms with Gasteiger partial charge in [-0.05, 0) is 49.2 Å². The molecule has 0 spiro atoms. The van der Waals surface area contributed by atoms with E-state index in [-0.39, 0.29) is 6.10 Å². The first-order valence-electron chi connectivity index (χ1n) is 8.71. The smallest absolute Gasteiger partial charge is 0.191 e. The van der Waals surface area contributed by atoms with Crippen LogP contribution in [0.3, 0.4) is 0 Å². The Bertz CT molecular complexity index is 925. The molecule has 0 N–H and O–H groups in total. The highest BCUT2D eigenvalue weighted by molar-refractivity contribution is 9.10. The Morgan fingerprint density at radius 2 is 2.04 bits per heavy atom. The van der Waals surface area contributed by atoms with Crippen molar-refractivity contribution in [3.05, 3.63) is 82.6 Å². The quantitative estimate of drug-likeness (QED) is 0.317. The number of thioether (sulfide) groups is 1. The third kappa shape index (κ3) is 5.23. The molecule has 3 rings (SSSR count). The highest BCUT2D eigenvalue weighted by Crippen LogP contribution is 2.27. The molecule has 2 aromatic carbocycles. The van der Waals surface area contributed by atoms with Crippen molar-refractivity contribution in [1.82, 2.24) is 14.8 Å². The topological polar surface area (TPSA) is 39.9 Å². The van der Waals surface area contributed by atoms with Gasteiger partial charge >= 0.3 is 0 Å². The zero-order chi connectivity index (χ0) is 19.2. The molecule has 0 amide bonds. The molecule has 27 heavy (non-hydrogen) atoms. The van der Waals surface area contributed by atoms with Crippen LogP contribution in [0.25, 0.3) is 0 Å². The lowest BCUT2D eigenvalue weighted by Gasteiger charge is -2.16. The van der Waals surface area contributed by atoms with Gasteiger partial charge in [0.25, 0.3) is 0 Å². The van der Waals surface area contributed by atoms with Crippen molar-refractivity contribution in [2.24, 2.45) is 0 Å². The predicted octanol–water partition coefficient (Wildman–Crippen LogP) is 5.97. The Morgan fingerprint density at radius 3 is 2.78 bits per heavy atom. The minimum Gasteiger partial charge on any atom is -0.483 e. The second kappa shape index (κ2) is 9.24. The van der Waals surface area contributed by atoms with Gasteiger partial charge in [-0.1, -0.05) is 58.0 Å². The molecular formula is C21H22BrN3OS. The molecule has 1 unspecified atom stereocenters. The van der Waals surface area contributed by atoms with Crippen LogP contribution in [0.5, 0.6) is 5.75 Å². The van der Waals surface area contributed by atoms with E-state index >= 15 is 0 Å². The maximum Gasteiger partial charge on any atom is 0.191 e. The first kappa shape index (κ1) is 19.7. The van der Waals surface area contributed by atoms with Crippen molar-refractivity contribution >= 4 is 27.7 Å². The van der Waals surface area contributed by atoms with Crippen molar-refractivity contribution in [1.29, 1.82) is 0 Å². The van der Waals surface area contributed by atoms with Crippen molar-refractivity contribution in [3.63, 3.8) is 0 Å². The van der Waals surface area contributed by atoms with Gasteiger partial charge in [0.1, 0.15) is 5.75 Å². The zero-order valence-corrected chi connectivity index (χ0v) is 17.8. The first-order chi connectivity index (χ1) is 13.1. The maximum absolute atomic E-state index is 6.09. The van der Waals surface area contributed by atoms with Gasteiger partial charge in [0.2, 0.25) is 0 Å². The third-order valence-electron chi connectivity index (χ3n) is 3.98. The molecule has 3 aromatic rings. The summed E-state index contributed by atoms with van der Waals surface area (Å²) in [5, 5.41) is 9.65. The van der Waals surface area contributed by atoms with Crippen LogP contribution in [0.1, 0.15) is 30.0 Å². The van der Waals surface area contributed by atoms with Gasteiger partial charge in [0.15, 0.2) is 17.1 Å². The van der Waals surface area contributed by atoms with E-state index in [1.54, 1.807) is 11.8 Å².